The van der Waals surface area contributed by atoms with Crippen molar-refractivity contribution in [2.24, 2.45) is 5.14 Å². The molecule has 0 atom stereocenters. The number of amides is 1. The quantitative estimate of drug-likeness (QED) is 0.680. The molecule has 4 N–H and O–H groups in total. The number of sulfonamides is 1. The van der Waals surface area contributed by atoms with Crippen molar-refractivity contribution in [1.82, 2.24) is 5.32 Å². The molecule has 8 nitrogen and oxygen atoms in total. The molecule has 1 saturated heterocycles. The third-order valence-electron chi connectivity index (χ3n) is 3.13. The van der Waals surface area contributed by atoms with Gasteiger partial charge in [-0.2, -0.15) is 0 Å². The molecule has 0 saturated carbocycles. The molecule has 0 aromatic heterocycles. The Labute approximate surface area is 121 Å². The van der Waals surface area contributed by atoms with Gasteiger partial charge in [0, 0.05) is 13.1 Å². The Balaban J connectivity index is 2.47. The van der Waals surface area contributed by atoms with Gasteiger partial charge in [0.2, 0.25) is 15.9 Å². The van der Waals surface area contributed by atoms with Gasteiger partial charge in [-0.25, -0.2) is 18.4 Å². The summed E-state index contributed by atoms with van der Waals surface area (Å²) in [5.74, 6) is -1.49. The summed E-state index contributed by atoms with van der Waals surface area (Å²) in [4.78, 5) is 24.2. The second kappa shape index (κ2) is 5.70. The summed E-state index contributed by atoms with van der Waals surface area (Å²) < 4.78 is 22.6. The lowest BCUT2D eigenvalue weighted by molar-refractivity contribution is -0.119. The summed E-state index contributed by atoms with van der Waals surface area (Å²) in [6.07, 6.45) is 0.668. The number of nitrogens with two attached hydrogens (primary N) is 1. The number of primary sulfonamides is 1. The first-order chi connectivity index (χ1) is 9.79. The van der Waals surface area contributed by atoms with E-state index in [0.29, 0.717) is 25.2 Å². The maximum Gasteiger partial charge on any atom is 0.337 e. The van der Waals surface area contributed by atoms with Crippen LogP contribution in [0.2, 0.25) is 0 Å². The third-order valence-corrected chi connectivity index (χ3v) is 4.04. The lowest BCUT2D eigenvalue weighted by Crippen LogP contribution is -2.34. The van der Waals surface area contributed by atoms with E-state index in [9.17, 15) is 23.1 Å². The van der Waals surface area contributed by atoms with E-state index in [0.717, 1.165) is 6.07 Å². The van der Waals surface area contributed by atoms with Gasteiger partial charge in [0.15, 0.2) is 0 Å². The standard InChI is InChI=1S/C12H15N3O5S/c13-21(19,20)8-2-3-10(9(6-8)12(17)18)15-5-1-4-14-11(16)7-15/h2-3,6H,1,4-5,7H2,(H,14,16)(H,17,18)(H2,13,19,20). The van der Waals surface area contributed by atoms with Crippen LogP contribution in [0.5, 0.6) is 0 Å². The van der Waals surface area contributed by atoms with E-state index in [-0.39, 0.29) is 22.9 Å². The number of carbonyl (C=O) groups excluding carboxylic acids is 1. The van der Waals surface area contributed by atoms with Crippen molar-refractivity contribution in [2.75, 3.05) is 24.5 Å². The zero-order chi connectivity index (χ0) is 15.6. The van der Waals surface area contributed by atoms with Crippen molar-refractivity contribution in [3.05, 3.63) is 23.8 Å². The minimum absolute atomic E-state index is 0.0228. The lowest BCUT2D eigenvalue weighted by Gasteiger charge is -2.23. The molecule has 1 aromatic carbocycles. The van der Waals surface area contributed by atoms with Crippen molar-refractivity contribution in [3.8, 4) is 0 Å². The van der Waals surface area contributed by atoms with Gasteiger partial charge < -0.3 is 15.3 Å². The molecule has 0 aliphatic carbocycles. The third kappa shape index (κ3) is 3.50. The van der Waals surface area contributed by atoms with E-state index in [1.54, 1.807) is 4.90 Å². The van der Waals surface area contributed by atoms with Crippen molar-refractivity contribution in [1.29, 1.82) is 0 Å². The van der Waals surface area contributed by atoms with E-state index in [4.69, 9.17) is 5.14 Å². The zero-order valence-corrected chi connectivity index (χ0v) is 11.9. The van der Waals surface area contributed by atoms with Crippen LogP contribution in [0.15, 0.2) is 23.1 Å². The van der Waals surface area contributed by atoms with Gasteiger partial charge >= 0.3 is 5.97 Å². The molecule has 9 heteroatoms. The molecular weight excluding hydrogens is 298 g/mol. The highest BCUT2D eigenvalue weighted by Crippen LogP contribution is 2.24. The molecule has 21 heavy (non-hydrogen) atoms. The van der Waals surface area contributed by atoms with Crippen LogP contribution in [0.4, 0.5) is 5.69 Å². The van der Waals surface area contributed by atoms with Crippen molar-refractivity contribution in [2.45, 2.75) is 11.3 Å². The van der Waals surface area contributed by atoms with E-state index < -0.39 is 16.0 Å². The van der Waals surface area contributed by atoms with Crippen LogP contribution in [0.3, 0.4) is 0 Å². The van der Waals surface area contributed by atoms with Crippen molar-refractivity contribution < 1.29 is 23.1 Å². The molecule has 1 aliphatic rings. The molecule has 1 aliphatic heterocycles. The van der Waals surface area contributed by atoms with Gasteiger partial charge in [-0.1, -0.05) is 0 Å². The van der Waals surface area contributed by atoms with Crippen LogP contribution >= 0.6 is 0 Å². The predicted molar refractivity (Wildman–Crippen MR) is 74.6 cm³/mol. The minimum Gasteiger partial charge on any atom is -0.478 e. The highest BCUT2D eigenvalue weighted by Gasteiger charge is 2.22. The Morgan fingerprint density at radius 2 is 2.10 bits per heavy atom. The molecule has 2 rings (SSSR count). The summed E-state index contributed by atoms with van der Waals surface area (Å²) in [5, 5.41) is 16.9. The fourth-order valence-electron chi connectivity index (χ4n) is 2.15. The molecule has 0 spiro atoms. The SMILES string of the molecule is NS(=O)(=O)c1ccc(N2CCCNC(=O)C2)c(C(=O)O)c1. The average molecular weight is 313 g/mol. The molecule has 0 radical (unpaired) electrons. The van der Waals surface area contributed by atoms with E-state index >= 15 is 0 Å². The van der Waals surface area contributed by atoms with Crippen LogP contribution in [0.25, 0.3) is 0 Å². The first kappa shape index (κ1) is 15.3. The summed E-state index contributed by atoms with van der Waals surface area (Å²) >= 11 is 0. The van der Waals surface area contributed by atoms with E-state index in [1.807, 2.05) is 0 Å². The van der Waals surface area contributed by atoms with Crippen LogP contribution in [-0.2, 0) is 14.8 Å². The number of benzene rings is 1. The summed E-state index contributed by atoms with van der Waals surface area (Å²) in [7, 11) is -3.99. The fraction of sp³-hybridized carbons (Fsp3) is 0.333. The largest absolute Gasteiger partial charge is 0.478 e. The first-order valence-corrected chi connectivity index (χ1v) is 7.75. The Morgan fingerprint density at radius 3 is 2.71 bits per heavy atom. The number of carbonyl (C=O) groups is 2. The highest BCUT2D eigenvalue weighted by atomic mass is 32.2. The molecular formula is C12H15N3O5S. The summed E-state index contributed by atoms with van der Waals surface area (Å²) in [6.45, 7) is 1.04. The monoisotopic (exact) mass is 313 g/mol. The number of rotatable bonds is 3. The fourth-order valence-corrected chi connectivity index (χ4v) is 2.69. The second-order valence-corrected chi connectivity index (χ2v) is 6.22. The maximum absolute atomic E-state index is 11.6. The molecule has 1 heterocycles. The summed E-state index contributed by atoms with van der Waals surface area (Å²) in [5.41, 5.74) is 0.100. The predicted octanol–water partition coefficient (Wildman–Crippen LogP) is -0.641. The Bertz CT molecular complexity index is 686. The van der Waals surface area contributed by atoms with Crippen molar-refractivity contribution in [3.63, 3.8) is 0 Å². The second-order valence-electron chi connectivity index (χ2n) is 4.65. The minimum atomic E-state index is -3.99. The van der Waals surface area contributed by atoms with E-state index in [2.05, 4.69) is 5.32 Å². The van der Waals surface area contributed by atoms with E-state index in [1.165, 1.54) is 12.1 Å². The number of anilines is 1. The number of carboxylic acid groups (broad SMARTS) is 1. The molecule has 0 unspecified atom stereocenters. The number of aromatic carboxylic acids is 1. The number of hydrogen-bond donors (Lipinski definition) is 3. The molecule has 1 fully saturated rings. The van der Waals surface area contributed by atoms with Gasteiger partial charge in [0.1, 0.15) is 0 Å². The molecule has 0 bridgehead atoms. The Kier molecular flexibility index (Phi) is 4.14. The lowest BCUT2D eigenvalue weighted by atomic mass is 10.1. The highest BCUT2D eigenvalue weighted by molar-refractivity contribution is 7.89. The number of hydrogen-bond acceptors (Lipinski definition) is 5. The topological polar surface area (TPSA) is 130 Å². The first-order valence-electron chi connectivity index (χ1n) is 6.21. The van der Waals surface area contributed by atoms with Crippen LogP contribution < -0.4 is 15.4 Å². The molecule has 1 amide bonds. The normalized spacial score (nSPS) is 16.2. The van der Waals surface area contributed by atoms with Crippen molar-refractivity contribution >= 4 is 27.6 Å². The number of nitrogens with zero attached hydrogens (tertiary/aromatic N) is 1. The van der Waals surface area contributed by atoms with Crippen LogP contribution in [-0.4, -0.2) is 45.0 Å². The molecule has 1 aromatic rings. The van der Waals surface area contributed by atoms with Gasteiger partial charge in [-0.3, -0.25) is 4.79 Å². The van der Waals surface area contributed by atoms with Gasteiger partial charge in [-0.15, -0.1) is 0 Å². The van der Waals surface area contributed by atoms with Gasteiger partial charge in [-0.05, 0) is 24.6 Å². The average Bonchev–Trinajstić information content (AvgIpc) is 2.61. The maximum atomic E-state index is 11.6. The van der Waals surface area contributed by atoms with Crippen LogP contribution in [0.1, 0.15) is 16.8 Å². The Hall–Kier alpha value is -2.13. The van der Waals surface area contributed by atoms with Gasteiger partial charge in [0.25, 0.3) is 0 Å². The van der Waals surface area contributed by atoms with Gasteiger partial charge in [0.05, 0.1) is 22.7 Å². The summed E-state index contributed by atoms with van der Waals surface area (Å²) in [6, 6.07) is 3.61. The number of carboxylic acids is 1. The number of nitrogens with one attached hydrogen (secondary N) is 1. The molecule has 114 valence electrons. The zero-order valence-electron chi connectivity index (χ0n) is 11.1. The van der Waals surface area contributed by atoms with Crippen LogP contribution in [0, 0.1) is 0 Å². The smallest absolute Gasteiger partial charge is 0.337 e. The Morgan fingerprint density at radius 1 is 1.38 bits per heavy atom.